The van der Waals surface area contributed by atoms with Crippen molar-refractivity contribution in [1.82, 2.24) is 0 Å². The average molecular weight is 575 g/mol. The Morgan fingerprint density at radius 1 is 0.684 bits per heavy atom. The highest BCUT2D eigenvalue weighted by molar-refractivity contribution is 7.97. The molecule has 1 aliphatic rings. The SMILES string of the molecule is Cc1ccc([S+](c2ccc(C)cc2)c2ccc(C)cc2)cc1.O=S(=O)([O-])C1(F)C=CC(F)C(F)(F)C1(F)F. The summed E-state index contributed by atoms with van der Waals surface area (Å²) in [6.45, 7) is 6.42. The van der Waals surface area contributed by atoms with E-state index in [0.717, 1.165) is 0 Å². The van der Waals surface area contributed by atoms with Gasteiger partial charge in [0.05, 0.1) is 10.9 Å². The third-order valence-corrected chi connectivity index (χ3v) is 9.16. The quantitative estimate of drug-likeness (QED) is 0.145. The van der Waals surface area contributed by atoms with Crippen LogP contribution in [0.2, 0.25) is 0 Å². The summed E-state index contributed by atoms with van der Waals surface area (Å²) in [7, 11) is -6.47. The van der Waals surface area contributed by atoms with Gasteiger partial charge in [-0.25, -0.2) is 17.2 Å². The van der Waals surface area contributed by atoms with Crippen LogP contribution in [0.25, 0.3) is 0 Å². The first-order valence-electron chi connectivity index (χ1n) is 11.2. The molecule has 0 N–H and O–H groups in total. The number of rotatable bonds is 4. The van der Waals surface area contributed by atoms with Gasteiger partial charge in [-0.2, -0.15) is 17.6 Å². The molecule has 0 bridgehead atoms. The number of allylic oxidation sites excluding steroid dienone is 1. The van der Waals surface area contributed by atoms with E-state index in [2.05, 4.69) is 93.6 Å². The Morgan fingerprint density at radius 3 is 1.29 bits per heavy atom. The largest absolute Gasteiger partial charge is 0.745 e. The number of aryl methyl sites for hydroxylation is 3. The molecule has 4 rings (SSSR count). The van der Waals surface area contributed by atoms with Crippen molar-refractivity contribution >= 4 is 21.0 Å². The van der Waals surface area contributed by atoms with Gasteiger partial charge in [0.1, 0.15) is 10.1 Å². The number of halogens is 6. The molecule has 0 fully saturated rings. The second-order valence-electron chi connectivity index (χ2n) is 8.80. The third-order valence-electron chi connectivity index (χ3n) is 5.81. The lowest BCUT2D eigenvalue weighted by Crippen LogP contribution is -2.64. The molecule has 3 nitrogen and oxygen atoms in total. The molecule has 1 aliphatic carbocycles. The van der Waals surface area contributed by atoms with Crippen LogP contribution in [0.5, 0.6) is 0 Å². The molecule has 0 aliphatic heterocycles. The van der Waals surface area contributed by atoms with Crippen molar-refractivity contribution in [2.75, 3.05) is 0 Å². The standard InChI is InChI=1S/C21H21S.C6H4F6O3S/c1-16-4-10-19(11-5-16)22(20-12-6-17(2)7-13-20)21-14-8-18(3)9-15-21;7-3-1-2-4(8,16(13,14)15)6(11,12)5(3,9)10/h4-15H,1-3H3;1-3H,(H,13,14,15)/q+1;/p-1. The maximum atomic E-state index is 13.1. The predicted octanol–water partition coefficient (Wildman–Crippen LogP) is 7.08. The smallest absolute Gasteiger partial charge is 0.363 e. The van der Waals surface area contributed by atoms with Crippen molar-refractivity contribution < 1.29 is 39.3 Å². The summed E-state index contributed by atoms with van der Waals surface area (Å²) in [4.78, 5) is 4.12. The zero-order valence-corrected chi connectivity index (χ0v) is 22.1. The fourth-order valence-electron chi connectivity index (χ4n) is 3.51. The lowest BCUT2D eigenvalue weighted by Gasteiger charge is -2.40. The minimum Gasteiger partial charge on any atom is -0.745 e. The minimum absolute atomic E-state index is 0.0394. The number of alkyl halides is 6. The highest BCUT2D eigenvalue weighted by Gasteiger charge is 2.76. The average Bonchev–Trinajstić information content (AvgIpc) is 2.84. The van der Waals surface area contributed by atoms with Crippen LogP contribution < -0.4 is 0 Å². The molecule has 3 aromatic carbocycles. The van der Waals surface area contributed by atoms with Crippen molar-refractivity contribution in [2.45, 2.75) is 58.5 Å². The van der Waals surface area contributed by atoms with E-state index in [0.29, 0.717) is 0 Å². The molecule has 0 heterocycles. The molecule has 2 atom stereocenters. The fourth-order valence-corrected chi connectivity index (χ4v) is 6.24. The van der Waals surface area contributed by atoms with Gasteiger partial charge in [0.25, 0.3) is 5.00 Å². The van der Waals surface area contributed by atoms with Gasteiger partial charge >= 0.3 is 11.8 Å². The lowest BCUT2D eigenvalue weighted by atomic mass is 9.95. The van der Waals surface area contributed by atoms with E-state index in [9.17, 15) is 39.3 Å². The molecule has 0 saturated carbocycles. The van der Waals surface area contributed by atoms with Crippen molar-refractivity contribution in [3.63, 3.8) is 0 Å². The first-order valence-corrected chi connectivity index (χ1v) is 13.8. The molecule has 3 aromatic rings. The Labute approximate surface area is 220 Å². The van der Waals surface area contributed by atoms with Crippen LogP contribution in [0.4, 0.5) is 26.3 Å². The molecular formula is C27H24F6O3S2. The highest BCUT2D eigenvalue weighted by atomic mass is 32.2. The van der Waals surface area contributed by atoms with E-state index in [4.69, 9.17) is 0 Å². The third kappa shape index (κ3) is 5.64. The summed E-state index contributed by atoms with van der Waals surface area (Å²) in [5.41, 5.74) is 3.92. The molecule has 0 amide bonds. The molecule has 11 heteroatoms. The normalized spacial score (nSPS) is 22.0. The Kier molecular flexibility index (Phi) is 8.45. The maximum absolute atomic E-state index is 13.1. The maximum Gasteiger partial charge on any atom is 0.363 e. The second-order valence-corrected chi connectivity index (χ2v) is 12.3. The second kappa shape index (κ2) is 10.8. The summed E-state index contributed by atoms with van der Waals surface area (Å²) in [6, 6.07) is 26.8. The monoisotopic (exact) mass is 574 g/mol. The van der Waals surface area contributed by atoms with Gasteiger partial charge in [-0.3, -0.25) is 0 Å². The van der Waals surface area contributed by atoms with Gasteiger partial charge < -0.3 is 4.55 Å². The van der Waals surface area contributed by atoms with Crippen molar-refractivity contribution in [3.05, 3.63) is 102 Å². The summed E-state index contributed by atoms with van der Waals surface area (Å²) in [5.74, 6) is -11.6. The van der Waals surface area contributed by atoms with Gasteiger partial charge in [0, 0.05) is 0 Å². The molecule has 38 heavy (non-hydrogen) atoms. The van der Waals surface area contributed by atoms with Crippen LogP contribution in [-0.2, 0) is 21.0 Å². The van der Waals surface area contributed by atoms with E-state index in [1.54, 1.807) is 0 Å². The first-order chi connectivity index (χ1) is 17.5. The molecule has 0 saturated heterocycles. The minimum atomic E-state index is -6.43. The Balaban J connectivity index is 0.000000223. The van der Waals surface area contributed by atoms with Gasteiger partial charge in [-0.05, 0) is 69.3 Å². The van der Waals surface area contributed by atoms with Crippen LogP contribution in [0.15, 0.2) is 99.6 Å². The Morgan fingerprint density at radius 2 is 1.00 bits per heavy atom. The zero-order valence-electron chi connectivity index (χ0n) is 20.5. The van der Waals surface area contributed by atoms with Crippen molar-refractivity contribution in [2.24, 2.45) is 0 Å². The number of hydrogen-bond acceptors (Lipinski definition) is 3. The van der Waals surface area contributed by atoms with Gasteiger partial charge in [0.2, 0.25) is 0 Å². The fraction of sp³-hybridized carbons (Fsp3) is 0.259. The Bertz CT molecular complexity index is 1280. The van der Waals surface area contributed by atoms with Gasteiger partial charge in [-0.1, -0.05) is 53.1 Å². The molecular weight excluding hydrogens is 550 g/mol. The van der Waals surface area contributed by atoms with E-state index in [1.165, 1.54) is 31.4 Å². The van der Waals surface area contributed by atoms with Crippen LogP contribution in [0, 0.1) is 20.8 Å². The summed E-state index contributed by atoms with van der Waals surface area (Å²) >= 11 is 0. The lowest BCUT2D eigenvalue weighted by molar-refractivity contribution is -0.264. The molecule has 0 spiro atoms. The molecule has 0 aromatic heterocycles. The summed E-state index contributed by atoms with van der Waals surface area (Å²) in [6.07, 6.45) is -4.70. The van der Waals surface area contributed by atoms with Crippen LogP contribution >= 0.6 is 0 Å². The van der Waals surface area contributed by atoms with Crippen molar-refractivity contribution in [1.29, 1.82) is 0 Å². The number of hydrogen-bond donors (Lipinski definition) is 0. The summed E-state index contributed by atoms with van der Waals surface area (Å²) < 4.78 is 107. The highest BCUT2D eigenvalue weighted by Crippen LogP contribution is 2.53. The first kappa shape index (κ1) is 29.8. The van der Waals surface area contributed by atoms with E-state index < -0.39 is 45.3 Å². The topological polar surface area (TPSA) is 57.2 Å². The number of benzene rings is 3. The molecule has 204 valence electrons. The van der Waals surface area contributed by atoms with Gasteiger partial charge in [-0.15, -0.1) is 0 Å². The van der Waals surface area contributed by atoms with E-state index >= 15 is 0 Å². The van der Waals surface area contributed by atoms with Crippen LogP contribution in [-0.4, -0.2) is 36.0 Å². The molecule has 2 unspecified atom stereocenters. The Hall–Kier alpha value is -2.76. The summed E-state index contributed by atoms with van der Waals surface area (Å²) in [5, 5.41) is -5.16. The van der Waals surface area contributed by atoms with Crippen LogP contribution in [0.3, 0.4) is 0 Å². The van der Waals surface area contributed by atoms with E-state index in [-0.39, 0.29) is 10.9 Å². The van der Waals surface area contributed by atoms with Gasteiger partial charge in [0.15, 0.2) is 20.9 Å². The van der Waals surface area contributed by atoms with Crippen LogP contribution in [0.1, 0.15) is 16.7 Å². The predicted molar refractivity (Wildman–Crippen MR) is 133 cm³/mol. The molecule has 0 radical (unpaired) electrons. The van der Waals surface area contributed by atoms with Crippen molar-refractivity contribution in [3.8, 4) is 0 Å². The van der Waals surface area contributed by atoms with E-state index in [1.807, 2.05) is 0 Å². The zero-order chi connectivity index (χ0) is 28.5.